The molecule has 1 aliphatic heterocycles. The molecule has 1 aliphatic rings. The largest absolute Gasteiger partial charge is 0.493 e. The number of carbonyl (C=O) groups excluding carboxylic acids is 1. The van der Waals surface area contributed by atoms with Crippen LogP contribution in [0.2, 0.25) is 0 Å². The summed E-state index contributed by atoms with van der Waals surface area (Å²) in [6, 6.07) is 2.82. The molecule has 0 unspecified atom stereocenters. The van der Waals surface area contributed by atoms with Crippen molar-refractivity contribution in [2.75, 3.05) is 12.4 Å². The van der Waals surface area contributed by atoms with E-state index in [1.54, 1.807) is 13.1 Å². The molecular weight excluding hydrogens is 357 g/mol. The third-order valence-corrected chi connectivity index (χ3v) is 6.07. The zero-order valence-electron chi connectivity index (χ0n) is 12.6. The average Bonchev–Trinajstić information content (AvgIpc) is 2.90. The second-order valence-electron chi connectivity index (χ2n) is 5.04. The van der Waals surface area contributed by atoms with Gasteiger partial charge in [-0.3, -0.25) is 9.10 Å². The highest BCUT2D eigenvalue weighted by molar-refractivity contribution is 7.89. The molecule has 0 spiro atoms. The number of likely N-dealkylation sites (N-methyl/N-ethyl adjacent to an activating group) is 1. The van der Waals surface area contributed by atoms with Crippen LogP contribution in [0.4, 0.5) is 9.52 Å². The van der Waals surface area contributed by atoms with Gasteiger partial charge in [-0.2, -0.15) is 0 Å². The molecule has 2 N–H and O–H groups in total. The molecule has 3 rings (SSSR count). The van der Waals surface area contributed by atoms with Crippen molar-refractivity contribution in [1.82, 2.24) is 9.29 Å². The number of Topliss-reactive ketones (excluding diaryl/α,β-unsaturated/α-hetero) is 1. The number of thiazole rings is 1. The molecule has 2 heterocycles. The van der Waals surface area contributed by atoms with Gasteiger partial charge in [0, 0.05) is 23.7 Å². The number of nitrogens with one attached hydrogen (secondary N) is 1. The summed E-state index contributed by atoms with van der Waals surface area (Å²) < 4.78 is 39.1. The molecule has 10 heteroatoms. The summed E-state index contributed by atoms with van der Waals surface area (Å²) in [5, 5.41) is 13.0. The first-order valence-corrected chi connectivity index (χ1v) is 8.93. The van der Waals surface area contributed by atoms with Gasteiger partial charge in [-0.1, -0.05) is 0 Å². The van der Waals surface area contributed by atoms with Gasteiger partial charge in [-0.25, -0.2) is 17.8 Å². The van der Waals surface area contributed by atoms with Gasteiger partial charge in [0.1, 0.15) is 5.82 Å². The van der Waals surface area contributed by atoms with Crippen LogP contribution in [0.15, 0.2) is 40.9 Å². The predicted octanol–water partition coefficient (Wildman–Crippen LogP) is 2.25. The maximum absolute atomic E-state index is 13.4. The molecule has 24 heavy (non-hydrogen) atoms. The fraction of sp³-hybridized carbons (Fsp3) is 0.143. The van der Waals surface area contributed by atoms with Crippen LogP contribution in [0.1, 0.15) is 15.2 Å². The molecular formula is C14H12FN3O4S2. The Hall–Kier alpha value is -2.46. The Balaban J connectivity index is 2.15. The van der Waals surface area contributed by atoms with Gasteiger partial charge in [0.15, 0.2) is 10.8 Å². The fourth-order valence-corrected chi connectivity index (χ4v) is 4.31. The molecule has 0 saturated carbocycles. The highest BCUT2D eigenvalue weighted by Gasteiger charge is 2.39. The molecule has 1 aromatic carbocycles. The Labute approximate surface area is 141 Å². The van der Waals surface area contributed by atoms with Crippen LogP contribution in [-0.2, 0) is 10.0 Å². The third-order valence-electron chi connectivity index (χ3n) is 3.43. The van der Waals surface area contributed by atoms with E-state index in [0.717, 1.165) is 30.1 Å². The summed E-state index contributed by atoms with van der Waals surface area (Å²) in [5.41, 5.74) is -0.826. The number of aromatic nitrogens is 1. The summed E-state index contributed by atoms with van der Waals surface area (Å²) in [4.78, 5) is 17.1. The van der Waals surface area contributed by atoms with Crippen LogP contribution in [0.3, 0.4) is 0 Å². The van der Waals surface area contributed by atoms with Gasteiger partial charge in [0.2, 0.25) is 11.7 Å². The second-order valence-corrected chi connectivity index (χ2v) is 8.21. The van der Waals surface area contributed by atoms with Gasteiger partial charge in [-0.15, -0.1) is 11.3 Å². The number of nitrogens with zero attached hydrogens (tertiary/aromatic N) is 2. The lowest BCUT2D eigenvalue weighted by Gasteiger charge is -2.28. The molecule has 0 bridgehead atoms. The summed E-state index contributed by atoms with van der Waals surface area (Å²) in [5.74, 6) is -2.22. The number of hydrogen-bond acceptors (Lipinski definition) is 7. The molecule has 7 nitrogen and oxygen atoms in total. The molecule has 2 aromatic rings. The second kappa shape index (κ2) is 5.56. The van der Waals surface area contributed by atoms with E-state index in [1.165, 1.54) is 11.3 Å². The predicted molar refractivity (Wildman–Crippen MR) is 85.8 cm³/mol. The van der Waals surface area contributed by atoms with Crippen LogP contribution < -0.4 is 5.32 Å². The lowest BCUT2D eigenvalue weighted by atomic mass is 10.1. The van der Waals surface area contributed by atoms with Gasteiger partial charge < -0.3 is 10.4 Å². The Morgan fingerprint density at radius 1 is 1.42 bits per heavy atom. The molecule has 1 aromatic heterocycles. The van der Waals surface area contributed by atoms with Crippen molar-refractivity contribution in [2.45, 2.75) is 11.8 Å². The quantitative estimate of drug-likeness (QED) is 0.622. The van der Waals surface area contributed by atoms with Crippen molar-refractivity contribution >= 4 is 32.3 Å². The number of anilines is 1. The van der Waals surface area contributed by atoms with E-state index >= 15 is 0 Å². The van der Waals surface area contributed by atoms with Crippen molar-refractivity contribution in [2.24, 2.45) is 0 Å². The number of rotatable bonds is 2. The minimum Gasteiger partial charge on any atom is -0.493 e. The molecule has 0 radical (unpaired) electrons. The van der Waals surface area contributed by atoms with E-state index in [0.29, 0.717) is 9.44 Å². The maximum atomic E-state index is 13.4. The van der Waals surface area contributed by atoms with Crippen molar-refractivity contribution < 1.29 is 22.7 Å². The lowest BCUT2D eigenvalue weighted by Crippen LogP contribution is -2.38. The van der Waals surface area contributed by atoms with Crippen molar-refractivity contribution in [3.63, 3.8) is 0 Å². The number of aliphatic hydroxyl groups is 1. The first-order valence-electron chi connectivity index (χ1n) is 6.67. The normalized spacial score (nSPS) is 18.3. The summed E-state index contributed by atoms with van der Waals surface area (Å²) in [6.07, 6.45) is 1.55. The highest BCUT2D eigenvalue weighted by Crippen LogP contribution is 2.33. The molecule has 0 aliphatic carbocycles. The minimum absolute atomic E-state index is 0.293. The van der Waals surface area contributed by atoms with E-state index in [9.17, 15) is 22.7 Å². The number of fused-ring (bicyclic) bond motifs is 1. The van der Waals surface area contributed by atoms with E-state index in [4.69, 9.17) is 0 Å². The summed E-state index contributed by atoms with van der Waals surface area (Å²) in [7, 11) is -2.94. The Morgan fingerprint density at radius 3 is 2.75 bits per heavy atom. The SMILES string of the molecule is Cc1cnc(N/C(O)=C2/C(=O)c3cc(F)ccc3S(=O)(=O)N2C)s1. The fourth-order valence-electron chi connectivity index (χ4n) is 2.27. The van der Waals surface area contributed by atoms with Crippen LogP contribution in [0.25, 0.3) is 0 Å². The van der Waals surface area contributed by atoms with E-state index in [-0.39, 0.29) is 10.5 Å². The molecule has 0 atom stereocenters. The number of carbonyl (C=O) groups is 1. The number of halogens is 1. The van der Waals surface area contributed by atoms with Crippen molar-refractivity contribution in [1.29, 1.82) is 0 Å². The standard InChI is InChI=1S/C14H12FN3O4S2/c1-7-6-16-14(23-7)17-13(20)11-12(19)9-5-8(15)3-4-10(9)24(21,22)18(11)2/h3-6,20H,1-2H3,(H,16,17)/b13-11+. The molecule has 0 fully saturated rings. The van der Waals surface area contributed by atoms with Crippen LogP contribution >= 0.6 is 11.3 Å². The number of aryl methyl sites for hydroxylation is 1. The zero-order chi connectivity index (χ0) is 17.6. The number of hydrogen-bond donors (Lipinski definition) is 2. The molecule has 0 amide bonds. The van der Waals surface area contributed by atoms with Gasteiger partial charge in [0.25, 0.3) is 10.0 Å². The first kappa shape index (κ1) is 16.4. The maximum Gasteiger partial charge on any atom is 0.265 e. The number of allylic oxidation sites excluding steroid dienone is 1. The third kappa shape index (κ3) is 2.53. The summed E-state index contributed by atoms with van der Waals surface area (Å²) >= 11 is 1.21. The average molecular weight is 369 g/mol. The number of benzene rings is 1. The minimum atomic E-state index is -4.08. The van der Waals surface area contributed by atoms with Gasteiger partial charge >= 0.3 is 0 Å². The highest BCUT2D eigenvalue weighted by atomic mass is 32.2. The van der Waals surface area contributed by atoms with Gasteiger partial charge in [0.05, 0.1) is 4.90 Å². The summed E-state index contributed by atoms with van der Waals surface area (Å²) in [6.45, 7) is 1.80. The first-order chi connectivity index (χ1) is 11.2. The zero-order valence-corrected chi connectivity index (χ0v) is 14.2. The van der Waals surface area contributed by atoms with Crippen LogP contribution in [0, 0.1) is 12.7 Å². The van der Waals surface area contributed by atoms with Crippen LogP contribution in [0.5, 0.6) is 0 Å². The topological polar surface area (TPSA) is 99.6 Å². The van der Waals surface area contributed by atoms with Crippen molar-refractivity contribution in [3.05, 3.63) is 52.2 Å². The lowest BCUT2D eigenvalue weighted by molar-refractivity contribution is 0.0997. The molecule has 0 saturated heterocycles. The smallest absolute Gasteiger partial charge is 0.265 e. The van der Waals surface area contributed by atoms with E-state index in [2.05, 4.69) is 10.3 Å². The van der Waals surface area contributed by atoms with Crippen molar-refractivity contribution in [3.8, 4) is 0 Å². The Morgan fingerprint density at radius 2 is 2.12 bits per heavy atom. The monoisotopic (exact) mass is 369 g/mol. The van der Waals surface area contributed by atoms with E-state index < -0.39 is 33.2 Å². The number of aliphatic hydroxyl groups excluding tert-OH is 1. The number of ketones is 1. The molecule has 126 valence electrons. The van der Waals surface area contributed by atoms with Gasteiger partial charge in [-0.05, 0) is 25.1 Å². The van der Waals surface area contributed by atoms with Crippen LogP contribution in [-0.4, -0.2) is 35.6 Å². The van der Waals surface area contributed by atoms with E-state index in [1.807, 2.05) is 0 Å². The number of sulfonamides is 1. The Bertz CT molecular complexity index is 982. The Kier molecular flexibility index (Phi) is 3.80.